The van der Waals surface area contributed by atoms with Gasteiger partial charge in [-0.15, -0.1) is 0 Å². The van der Waals surface area contributed by atoms with Gasteiger partial charge in [0, 0.05) is 0 Å². The molecule has 0 fully saturated rings. The summed E-state index contributed by atoms with van der Waals surface area (Å²) in [5.74, 6) is -0.613. The molecule has 0 aromatic carbocycles. The van der Waals surface area contributed by atoms with Crippen molar-refractivity contribution in [2.24, 2.45) is 0 Å². The van der Waals surface area contributed by atoms with E-state index in [4.69, 9.17) is 0 Å². The third-order valence-electron chi connectivity index (χ3n) is 6.85. The highest BCUT2D eigenvalue weighted by molar-refractivity contribution is 5.80. The van der Waals surface area contributed by atoms with Crippen molar-refractivity contribution in [2.75, 3.05) is 6.61 Å². The summed E-state index contributed by atoms with van der Waals surface area (Å²) >= 11 is 0. The molecule has 0 aliphatic heterocycles. The molecular weight excluding hydrogens is 478 g/mol. The molecule has 0 rings (SSSR count). The van der Waals surface area contributed by atoms with Crippen molar-refractivity contribution in [2.45, 2.75) is 154 Å². The maximum atomic E-state index is 12.3. The molecule has 4 atom stereocenters. The van der Waals surface area contributed by atoms with E-state index in [9.17, 15) is 25.2 Å². The molecule has 38 heavy (non-hydrogen) atoms. The highest BCUT2D eigenvalue weighted by Crippen LogP contribution is 2.12. The molecule has 222 valence electrons. The molecule has 0 saturated carbocycles. The standard InChI is InChI=1S/C32H59NO5/c1-3-5-7-9-11-13-14-15-16-17-18-20-22-24-26-30(36)32(38)33-28(27-34)31(37)29(35)25-23-21-19-12-10-8-6-4-2/h11-15,19,28-31,34-37H,3-10,16-18,20-27H2,1-2H3,(H,33,38)/b13-11-,15-14-,19-12+. The van der Waals surface area contributed by atoms with Crippen molar-refractivity contribution in [3.05, 3.63) is 36.5 Å². The monoisotopic (exact) mass is 537 g/mol. The zero-order valence-corrected chi connectivity index (χ0v) is 24.4. The second kappa shape index (κ2) is 27.1. The van der Waals surface area contributed by atoms with E-state index in [2.05, 4.69) is 55.6 Å². The van der Waals surface area contributed by atoms with E-state index in [0.29, 0.717) is 19.3 Å². The third kappa shape index (κ3) is 21.5. The molecule has 0 aliphatic rings. The Morgan fingerprint density at radius 3 is 1.74 bits per heavy atom. The van der Waals surface area contributed by atoms with Crippen molar-refractivity contribution in [1.82, 2.24) is 5.32 Å². The molecular formula is C32H59NO5. The molecule has 4 unspecified atom stereocenters. The van der Waals surface area contributed by atoms with Gasteiger partial charge < -0.3 is 25.7 Å². The van der Waals surface area contributed by atoms with Gasteiger partial charge in [-0.05, 0) is 64.2 Å². The number of aliphatic hydroxyl groups is 4. The van der Waals surface area contributed by atoms with E-state index >= 15 is 0 Å². The number of hydrogen-bond acceptors (Lipinski definition) is 5. The molecule has 6 heteroatoms. The molecule has 0 aromatic heterocycles. The normalized spacial score (nSPS) is 15.4. The summed E-state index contributed by atoms with van der Waals surface area (Å²) in [6.45, 7) is 3.89. The molecule has 0 bridgehead atoms. The van der Waals surface area contributed by atoms with Gasteiger partial charge in [0.25, 0.3) is 0 Å². The molecule has 0 radical (unpaired) electrons. The van der Waals surface area contributed by atoms with Gasteiger partial charge in [-0.25, -0.2) is 0 Å². The maximum Gasteiger partial charge on any atom is 0.249 e. The average molecular weight is 538 g/mol. The second-order valence-electron chi connectivity index (χ2n) is 10.5. The van der Waals surface area contributed by atoms with Crippen LogP contribution in [0.3, 0.4) is 0 Å². The minimum atomic E-state index is -1.28. The van der Waals surface area contributed by atoms with Crippen LogP contribution in [0.4, 0.5) is 0 Å². The number of hydrogen-bond donors (Lipinski definition) is 5. The van der Waals surface area contributed by atoms with Crippen LogP contribution >= 0.6 is 0 Å². The maximum absolute atomic E-state index is 12.3. The van der Waals surface area contributed by atoms with Crippen LogP contribution in [0.1, 0.15) is 129 Å². The van der Waals surface area contributed by atoms with Crippen LogP contribution < -0.4 is 5.32 Å². The van der Waals surface area contributed by atoms with E-state index in [1.54, 1.807) is 0 Å². The second-order valence-corrected chi connectivity index (χ2v) is 10.5. The molecule has 0 heterocycles. The fourth-order valence-electron chi connectivity index (χ4n) is 4.27. The summed E-state index contributed by atoms with van der Waals surface area (Å²) in [5, 5.41) is 43.0. The summed E-state index contributed by atoms with van der Waals surface area (Å²) < 4.78 is 0. The summed E-state index contributed by atoms with van der Waals surface area (Å²) in [4.78, 5) is 12.3. The molecule has 0 spiro atoms. The summed E-state index contributed by atoms with van der Waals surface area (Å²) in [6, 6.07) is -1.00. The quantitative estimate of drug-likeness (QED) is 0.0507. The van der Waals surface area contributed by atoms with Gasteiger partial charge in [0.1, 0.15) is 12.2 Å². The Morgan fingerprint density at radius 2 is 1.16 bits per heavy atom. The molecule has 0 aromatic rings. The third-order valence-corrected chi connectivity index (χ3v) is 6.85. The Labute approximate surface area is 233 Å². The first-order valence-electron chi connectivity index (χ1n) is 15.4. The van der Waals surface area contributed by atoms with Crippen molar-refractivity contribution in [3.63, 3.8) is 0 Å². The Morgan fingerprint density at radius 1 is 0.658 bits per heavy atom. The van der Waals surface area contributed by atoms with Gasteiger partial charge in [-0.1, -0.05) is 102 Å². The van der Waals surface area contributed by atoms with Gasteiger partial charge in [-0.3, -0.25) is 4.79 Å². The van der Waals surface area contributed by atoms with Gasteiger partial charge in [0.05, 0.1) is 18.8 Å². The van der Waals surface area contributed by atoms with Crippen molar-refractivity contribution >= 4 is 5.91 Å². The first-order chi connectivity index (χ1) is 18.5. The Kier molecular flexibility index (Phi) is 26.1. The highest BCUT2D eigenvalue weighted by Gasteiger charge is 2.28. The SMILES string of the molecule is CCCCC/C=C\C=C/CCCCCCCC(O)C(=O)NC(CO)C(O)C(O)CCC/C=C/CCCCC. The van der Waals surface area contributed by atoms with Crippen molar-refractivity contribution in [3.8, 4) is 0 Å². The molecule has 1 amide bonds. The minimum absolute atomic E-state index is 0.343. The highest BCUT2D eigenvalue weighted by atomic mass is 16.3. The van der Waals surface area contributed by atoms with Crippen LogP contribution in [0.15, 0.2) is 36.5 Å². The van der Waals surface area contributed by atoms with Crippen LogP contribution in [0, 0.1) is 0 Å². The number of rotatable bonds is 26. The van der Waals surface area contributed by atoms with E-state index in [1.807, 2.05) is 0 Å². The van der Waals surface area contributed by atoms with E-state index in [1.165, 1.54) is 38.5 Å². The Hall–Kier alpha value is -1.47. The first kappa shape index (κ1) is 36.5. The molecule has 0 aliphatic carbocycles. The lowest BCUT2D eigenvalue weighted by atomic mass is 10.00. The predicted octanol–water partition coefficient (Wildman–Crippen LogP) is 6.28. The fraction of sp³-hybridized carbons (Fsp3) is 0.781. The van der Waals surface area contributed by atoms with Crippen LogP contribution in [0.25, 0.3) is 0 Å². The number of allylic oxidation sites excluding steroid dienone is 6. The van der Waals surface area contributed by atoms with E-state index in [0.717, 1.165) is 57.8 Å². The summed E-state index contributed by atoms with van der Waals surface area (Å²) in [7, 11) is 0. The lowest BCUT2D eigenvalue weighted by Gasteiger charge is -2.27. The number of unbranched alkanes of at least 4 members (excludes halogenated alkanes) is 12. The van der Waals surface area contributed by atoms with Crippen LogP contribution in [-0.2, 0) is 4.79 Å². The largest absolute Gasteiger partial charge is 0.394 e. The molecule has 5 N–H and O–H groups in total. The molecule has 6 nitrogen and oxygen atoms in total. The van der Waals surface area contributed by atoms with Crippen molar-refractivity contribution < 1.29 is 25.2 Å². The van der Waals surface area contributed by atoms with Crippen molar-refractivity contribution in [1.29, 1.82) is 0 Å². The van der Waals surface area contributed by atoms with Gasteiger partial charge in [0.2, 0.25) is 5.91 Å². The van der Waals surface area contributed by atoms with Gasteiger partial charge in [-0.2, -0.15) is 0 Å². The van der Waals surface area contributed by atoms with E-state index < -0.39 is 36.9 Å². The Bertz CT molecular complexity index is 619. The van der Waals surface area contributed by atoms with Crippen LogP contribution in [0.5, 0.6) is 0 Å². The summed E-state index contributed by atoms with van der Waals surface area (Å²) in [5.41, 5.74) is 0. The molecule has 0 saturated heterocycles. The zero-order valence-electron chi connectivity index (χ0n) is 24.4. The van der Waals surface area contributed by atoms with Crippen LogP contribution in [-0.4, -0.2) is 57.3 Å². The number of aliphatic hydroxyl groups excluding tert-OH is 4. The summed E-state index contributed by atoms with van der Waals surface area (Å²) in [6.07, 6.45) is 27.4. The smallest absolute Gasteiger partial charge is 0.249 e. The van der Waals surface area contributed by atoms with E-state index in [-0.39, 0.29) is 0 Å². The Balaban J connectivity index is 3.98. The average Bonchev–Trinajstić information content (AvgIpc) is 2.92. The minimum Gasteiger partial charge on any atom is -0.394 e. The fourth-order valence-corrected chi connectivity index (χ4v) is 4.27. The number of carbonyl (C=O) groups excluding carboxylic acids is 1. The topological polar surface area (TPSA) is 110 Å². The van der Waals surface area contributed by atoms with Gasteiger partial charge in [0.15, 0.2) is 0 Å². The van der Waals surface area contributed by atoms with Crippen LogP contribution in [0.2, 0.25) is 0 Å². The first-order valence-corrected chi connectivity index (χ1v) is 15.4. The predicted molar refractivity (Wildman–Crippen MR) is 159 cm³/mol. The lowest BCUT2D eigenvalue weighted by molar-refractivity contribution is -0.132. The van der Waals surface area contributed by atoms with Gasteiger partial charge >= 0.3 is 0 Å². The number of carbonyl (C=O) groups is 1. The number of nitrogens with one attached hydrogen (secondary N) is 1. The zero-order chi connectivity index (χ0) is 28.3. The number of amides is 1. The lowest BCUT2D eigenvalue weighted by Crippen LogP contribution is -2.53.